The Bertz CT molecular complexity index is 1240. The van der Waals surface area contributed by atoms with Crippen molar-refractivity contribution in [2.24, 2.45) is 5.92 Å². The molecule has 0 saturated carbocycles. The molecule has 2 aromatic carbocycles. The minimum absolute atomic E-state index is 0.206. The second-order valence-electron chi connectivity index (χ2n) is 9.03. The highest BCUT2D eigenvalue weighted by Gasteiger charge is 2.31. The van der Waals surface area contributed by atoms with E-state index in [1.165, 1.54) is 45.0 Å². The van der Waals surface area contributed by atoms with Crippen molar-refractivity contribution in [3.63, 3.8) is 0 Å². The average molecular weight is 524 g/mol. The number of nitrogens with zero attached hydrogens (tertiary/aromatic N) is 2. The van der Waals surface area contributed by atoms with Gasteiger partial charge >= 0.3 is 0 Å². The molecule has 35 heavy (non-hydrogen) atoms. The Morgan fingerprint density at radius 2 is 1.43 bits per heavy atom. The van der Waals surface area contributed by atoms with Crippen LogP contribution in [0.5, 0.6) is 0 Å². The van der Waals surface area contributed by atoms with Crippen molar-refractivity contribution in [1.82, 2.24) is 8.61 Å². The molecule has 190 valence electrons. The lowest BCUT2D eigenvalue weighted by molar-refractivity contribution is -0.120. The highest BCUT2D eigenvalue weighted by Crippen LogP contribution is 2.25. The van der Waals surface area contributed by atoms with Gasteiger partial charge in [0.1, 0.15) is 5.82 Å². The summed E-state index contributed by atoms with van der Waals surface area (Å²) in [6, 6.07) is 11.5. The first kappa shape index (κ1) is 25.7. The van der Waals surface area contributed by atoms with Crippen LogP contribution in [-0.2, 0) is 30.6 Å². The number of halogens is 1. The van der Waals surface area contributed by atoms with E-state index in [1.54, 1.807) is 12.1 Å². The van der Waals surface area contributed by atoms with E-state index in [4.69, 9.17) is 0 Å². The predicted octanol–water partition coefficient (Wildman–Crippen LogP) is 3.18. The third-order valence-electron chi connectivity index (χ3n) is 6.56. The molecule has 0 aliphatic carbocycles. The van der Waals surface area contributed by atoms with Crippen LogP contribution in [0.15, 0.2) is 53.4 Å². The van der Waals surface area contributed by atoms with Crippen molar-refractivity contribution >= 4 is 31.6 Å². The van der Waals surface area contributed by atoms with Gasteiger partial charge in [-0.2, -0.15) is 4.31 Å². The van der Waals surface area contributed by atoms with E-state index in [-0.39, 0.29) is 35.6 Å². The van der Waals surface area contributed by atoms with Crippen molar-refractivity contribution in [2.45, 2.75) is 42.8 Å². The number of carbonyl (C=O) groups excluding carboxylic acids is 1. The lowest BCUT2D eigenvalue weighted by Crippen LogP contribution is -2.41. The molecule has 1 amide bonds. The summed E-state index contributed by atoms with van der Waals surface area (Å²) in [7, 11) is -7.10. The maximum atomic E-state index is 13.1. The molecular formula is C24H30FN3O5S2. The molecule has 2 heterocycles. The second-order valence-corrected chi connectivity index (χ2v) is 12.9. The predicted molar refractivity (Wildman–Crippen MR) is 131 cm³/mol. The van der Waals surface area contributed by atoms with Gasteiger partial charge in [-0.15, -0.1) is 0 Å². The zero-order chi connectivity index (χ0) is 25.1. The third kappa shape index (κ3) is 6.27. The number of hydrogen-bond acceptors (Lipinski definition) is 5. The third-order valence-corrected chi connectivity index (χ3v) is 10.3. The number of sulfonamides is 2. The summed E-state index contributed by atoms with van der Waals surface area (Å²) in [5.74, 6) is -1.19. The normalized spacial score (nSPS) is 18.9. The van der Waals surface area contributed by atoms with Gasteiger partial charge in [-0.3, -0.25) is 4.79 Å². The van der Waals surface area contributed by atoms with Crippen molar-refractivity contribution in [3.05, 3.63) is 59.9 Å². The van der Waals surface area contributed by atoms with Crippen LogP contribution in [0.2, 0.25) is 0 Å². The van der Waals surface area contributed by atoms with E-state index in [0.29, 0.717) is 37.2 Å². The average Bonchev–Trinajstić information content (AvgIpc) is 2.86. The Hall–Kier alpha value is -2.34. The molecule has 0 radical (unpaired) electrons. The molecule has 0 spiro atoms. The van der Waals surface area contributed by atoms with Gasteiger partial charge in [0.05, 0.1) is 10.6 Å². The van der Waals surface area contributed by atoms with Crippen LogP contribution in [0.25, 0.3) is 0 Å². The molecule has 4 rings (SSSR count). The standard InChI is InChI=1S/C24H30FN3O5S2/c25-21-6-4-19(5-7-21)18-34(30,31)27-16-12-20(13-17-27)24(29)26-22-8-10-23(11-9-22)35(32,33)28-14-2-1-3-15-28/h4-11,20H,1-3,12-18H2,(H,26,29). The molecule has 11 heteroatoms. The Kier molecular flexibility index (Phi) is 7.89. The number of rotatable bonds is 7. The number of benzene rings is 2. The molecule has 2 aliphatic heterocycles. The molecule has 8 nitrogen and oxygen atoms in total. The first-order valence-electron chi connectivity index (χ1n) is 11.8. The van der Waals surface area contributed by atoms with Crippen LogP contribution < -0.4 is 5.32 Å². The van der Waals surface area contributed by atoms with Crippen LogP contribution in [0.4, 0.5) is 10.1 Å². The summed E-state index contributed by atoms with van der Waals surface area (Å²) in [4.78, 5) is 12.9. The zero-order valence-corrected chi connectivity index (χ0v) is 21.0. The number of amides is 1. The zero-order valence-electron chi connectivity index (χ0n) is 19.4. The van der Waals surface area contributed by atoms with Crippen molar-refractivity contribution in [3.8, 4) is 0 Å². The molecule has 2 aliphatic rings. The van der Waals surface area contributed by atoms with Gasteiger partial charge in [-0.05, 0) is 67.6 Å². The molecule has 2 saturated heterocycles. The highest BCUT2D eigenvalue weighted by atomic mass is 32.2. The minimum atomic E-state index is -3.57. The fourth-order valence-corrected chi connectivity index (χ4v) is 7.57. The minimum Gasteiger partial charge on any atom is -0.326 e. The Balaban J connectivity index is 1.30. The fraction of sp³-hybridized carbons (Fsp3) is 0.458. The SMILES string of the molecule is O=C(Nc1ccc(S(=O)(=O)N2CCCCC2)cc1)C1CCN(S(=O)(=O)Cc2ccc(F)cc2)CC1. The van der Waals surface area contributed by atoms with Crippen LogP contribution >= 0.6 is 0 Å². The quantitative estimate of drug-likeness (QED) is 0.600. The highest BCUT2D eigenvalue weighted by molar-refractivity contribution is 7.89. The van der Waals surface area contributed by atoms with Gasteiger partial charge in [0, 0.05) is 37.8 Å². The number of piperidine rings is 2. The van der Waals surface area contributed by atoms with Crippen LogP contribution in [0, 0.1) is 11.7 Å². The van der Waals surface area contributed by atoms with E-state index in [2.05, 4.69) is 5.32 Å². The van der Waals surface area contributed by atoms with Gasteiger partial charge < -0.3 is 5.32 Å². The van der Waals surface area contributed by atoms with E-state index in [1.807, 2.05) is 0 Å². The van der Waals surface area contributed by atoms with E-state index < -0.39 is 25.9 Å². The smallest absolute Gasteiger partial charge is 0.243 e. The Morgan fingerprint density at radius 1 is 0.829 bits per heavy atom. The lowest BCUT2D eigenvalue weighted by atomic mass is 9.97. The lowest BCUT2D eigenvalue weighted by Gasteiger charge is -2.30. The Morgan fingerprint density at radius 3 is 2.03 bits per heavy atom. The largest absolute Gasteiger partial charge is 0.326 e. The monoisotopic (exact) mass is 523 g/mol. The van der Waals surface area contributed by atoms with Crippen molar-refractivity contribution in [1.29, 1.82) is 0 Å². The van der Waals surface area contributed by atoms with Gasteiger partial charge in [0.25, 0.3) is 0 Å². The Labute approximate surface area is 206 Å². The molecular weight excluding hydrogens is 493 g/mol. The topological polar surface area (TPSA) is 104 Å². The number of hydrogen-bond donors (Lipinski definition) is 1. The second kappa shape index (κ2) is 10.7. The number of nitrogens with one attached hydrogen (secondary N) is 1. The van der Waals surface area contributed by atoms with Gasteiger partial charge in [-0.1, -0.05) is 18.6 Å². The summed E-state index contributed by atoms with van der Waals surface area (Å²) in [5, 5.41) is 2.82. The van der Waals surface area contributed by atoms with Crippen molar-refractivity contribution in [2.75, 3.05) is 31.5 Å². The van der Waals surface area contributed by atoms with Crippen LogP contribution in [0.1, 0.15) is 37.7 Å². The first-order valence-corrected chi connectivity index (χ1v) is 14.8. The molecule has 0 atom stereocenters. The van der Waals surface area contributed by atoms with Crippen LogP contribution in [0.3, 0.4) is 0 Å². The summed E-state index contributed by atoms with van der Waals surface area (Å²) in [6.45, 7) is 1.52. The van der Waals surface area contributed by atoms with Gasteiger partial charge in [0.15, 0.2) is 0 Å². The summed E-state index contributed by atoms with van der Waals surface area (Å²) in [6.07, 6.45) is 3.53. The maximum Gasteiger partial charge on any atom is 0.243 e. The van der Waals surface area contributed by atoms with E-state index in [0.717, 1.165) is 19.3 Å². The summed E-state index contributed by atoms with van der Waals surface area (Å²) < 4.78 is 66.9. The summed E-state index contributed by atoms with van der Waals surface area (Å²) >= 11 is 0. The fourth-order valence-electron chi connectivity index (χ4n) is 4.49. The maximum absolute atomic E-state index is 13.1. The van der Waals surface area contributed by atoms with Crippen molar-refractivity contribution < 1.29 is 26.0 Å². The van der Waals surface area contributed by atoms with E-state index in [9.17, 15) is 26.0 Å². The van der Waals surface area contributed by atoms with Gasteiger partial charge in [0.2, 0.25) is 26.0 Å². The molecule has 2 aromatic rings. The molecule has 0 unspecified atom stereocenters. The van der Waals surface area contributed by atoms with Crippen LogP contribution in [-0.4, -0.2) is 57.5 Å². The number of carbonyl (C=O) groups is 1. The molecule has 0 bridgehead atoms. The molecule has 0 aromatic heterocycles. The summed E-state index contributed by atoms with van der Waals surface area (Å²) in [5.41, 5.74) is 1.01. The molecule has 1 N–H and O–H groups in total. The van der Waals surface area contributed by atoms with Gasteiger partial charge in [-0.25, -0.2) is 25.5 Å². The van der Waals surface area contributed by atoms with E-state index >= 15 is 0 Å². The number of anilines is 1. The molecule has 2 fully saturated rings. The first-order chi connectivity index (χ1) is 16.6.